The van der Waals surface area contributed by atoms with Crippen molar-refractivity contribution >= 4 is 12.9 Å². The van der Waals surface area contributed by atoms with Crippen molar-refractivity contribution in [2.24, 2.45) is 0 Å². The molecule has 0 aliphatic heterocycles. The first-order valence-electron chi connectivity index (χ1n) is 5.42. The van der Waals surface area contributed by atoms with Crippen molar-refractivity contribution in [2.45, 2.75) is 6.61 Å². The van der Waals surface area contributed by atoms with Crippen LogP contribution in [0.25, 0.3) is 0 Å². The van der Waals surface area contributed by atoms with Gasteiger partial charge >= 0.3 is 7.60 Å². The Balaban J connectivity index is 1.92. The zero-order chi connectivity index (χ0) is 12.8. The standard InChI is InChI=1S/C13H13O4P/c14-18(15,13-9-5-2-6-10-13)17-16-11-12-7-3-1-4-8-12/h1-10H,11H2,(H,14,15). The Morgan fingerprint density at radius 2 is 1.50 bits per heavy atom. The average molecular weight is 264 g/mol. The highest BCUT2D eigenvalue weighted by atomic mass is 31.2. The average Bonchev–Trinajstić information content (AvgIpc) is 2.41. The molecule has 1 atom stereocenters. The second kappa shape index (κ2) is 5.94. The summed E-state index contributed by atoms with van der Waals surface area (Å²) in [6.07, 6.45) is 0. The summed E-state index contributed by atoms with van der Waals surface area (Å²) in [6.45, 7) is 0.123. The maximum atomic E-state index is 11.8. The Morgan fingerprint density at radius 3 is 2.11 bits per heavy atom. The molecular formula is C13H13O4P. The molecule has 18 heavy (non-hydrogen) atoms. The lowest BCUT2D eigenvalue weighted by molar-refractivity contribution is -0.221. The molecule has 0 amide bonds. The Labute approximate surface area is 105 Å². The SMILES string of the molecule is O=P(O)(OOCc1ccccc1)c1ccccc1. The zero-order valence-electron chi connectivity index (χ0n) is 9.60. The predicted molar refractivity (Wildman–Crippen MR) is 68.2 cm³/mol. The van der Waals surface area contributed by atoms with Gasteiger partial charge in [0.15, 0.2) is 0 Å². The smallest absolute Gasteiger partial charge is 0.319 e. The van der Waals surface area contributed by atoms with Gasteiger partial charge in [0.05, 0.1) is 5.30 Å². The first kappa shape index (κ1) is 13.0. The van der Waals surface area contributed by atoms with Crippen LogP contribution in [0.3, 0.4) is 0 Å². The van der Waals surface area contributed by atoms with Crippen LogP contribution in [0.2, 0.25) is 0 Å². The van der Waals surface area contributed by atoms with Crippen molar-refractivity contribution in [3.63, 3.8) is 0 Å². The fourth-order valence-electron chi connectivity index (χ4n) is 1.40. The van der Waals surface area contributed by atoms with Crippen LogP contribution in [0.15, 0.2) is 60.7 Å². The second-order valence-corrected chi connectivity index (χ2v) is 5.38. The Hall–Kier alpha value is -1.45. The van der Waals surface area contributed by atoms with E-state index in [0.29, 0.717) is 0 Å². The van der Waals surface area contributed by atoms with Crippen molar-refractivity contribution in [3.8, 4) is 0 Å². The normalized spacial score (nSPS) is 14.1. The molecular weight excluding hydrogens is 251 g/mol. The van der Waals surface area contributed by atoms with Crippen molar-refractivity contribution in [3.05, 3.63) is 66.2 Å². The molecule has 1 unspecified atom stereocenters. The number of hydrogen-bond acceptors (Lipinski definition) is 3. The number of benzene rings is 2. The molecule has 2 rings (SSSR count). The lowest BCUT2D eigenvalue weighted by atomic mass is 10.2. The van der Waals surface area contributed by atoms with E-state index in [9.17, 15) is 9.46 Å². The molecule has 0 saturated carbocycles. The molecule has 2 aromatic rings. The monoisotopic (exact) mass is 264 g/mol. The lowest BCUT2D eigenvalue weighted by Crippen LogP contribution is -2.06. The number of hydrogen-bond donors (Lipinski definition) is 1. The van der Waals surface area contributed by atoms with Gasteiger partial charge in [-0.3, -0.25) is 4.57 Å². The van der Waals surface area contributed by atoms with Gasteiger partial charge in [-0.1, -0.05) is 48.5 Å². The van der Waals surface area contributed by atoms with Crippen LogP contribution in [0.4, 0.5) is 0 Å². The highest BCUT2D eigenvalue weighted by Gasteiger charge is 2.23. The molecule has 0 fully saturated rings. The summed E-state index contributed by atoms with van der Waals surface area (Å²) in [7, 11) is -3.90. The molecule has 0 heterocycles. The van der Waals surface area contributed by atoms with Gasteiger partial charge < -0.3 is 4.89 Å². The van der Waals surface area contributed by atoms with E-state index in [1.807, 2.05) is 30.3 Å². The minimum absolute atomic E-state index is 0.123. The molecule has 94 valence electrons. The lowest BCUT2D eigenvalue weighted by Gasteiger charge is -2.10. The van der Waals surface area contributed by atoms with Gasteiger partial charge in [-0.15, -0.1) is 4.67 Å². The van der Waals surface area contributed by atoms with Crippen LogP contribution < -0.4 is 5.30 Å². The zero-order valence-corrected chi connectivity index (χ0v) is 10.5. The quantitative estimate of drug-likeness (QED) is 0.512. The van der Waals surface area contributed by atoms with Gasteiger partial charge in [0.25, 0.3) is 0 Å². The van der Waals surface area contributed by atoms with Crippen LogP contribution in [0.1, 0.15) is 5.56 Å². The Bertz CT molecular complexity index is 527. The van der Waals surface area contributed by atoms with E-state index in [4.69, 9.17) is 4.89 Å². The summed E-state index contributed by atoms with van der Waals surface area (Å²) in [5.41, 5.74) is 0.866. The van der Waals surface area contributed by atoms with E-state index in [1.165, 1.54) is 12.1 Å². The molecule has 5 heteroatoms. The van der Waals surface area contributed by atoms with Crippen molar-refractivity contribution in [2.75, 3.05) is 0 Å². The molecule has 0 radical (unpaired) electrons. The van der Waals surface area contributed by atoms with Gasteiger partial charge in [0.2, 0.25) is 0 Å². The van der Waals surface area contributed by atoms with Gasteiger partial charge in [-0.25, -0.2) is 4.89 Å². The van der Waals surface area contributed by atoms with E-state index >= 15 is 0 Å². The first-order chi connectivity index (χ1) is 8.68. The van der Waals surface area contributed by atoms with Crippen molar-refractivity contribution < 1.29 is 19.0 Å². The van der Waals surface area contributed by atoms with Crippen LogP contribution in [-0.2, 0) is 20.7 Å². The summed E-state index contributed by atoms with van der Waals surface area (Å²) >= 11 is 0. The summed E-state index contributed by atoms with van der Waals surface area (Å²) < 4.78 is 16.4. The largest absolute Gasteiger partial charge is 0.385 e. The highest BCUT2D eigenvalue weighted by Crippen LogP contribution is 2.40. The minimum Gasteiger partial charge on any atom is -0.319 e. The van der Waals surface area contributed by atoms with Crippen LogP contribution in [-0.4, -0.2) is 4.89 Å². The van der Waals surface area contributed by atoms with Gasteiger partial charge in [0, 0.05) is 0 Å². The van der Waals surface area contributed by atoms with E-state index in [1.54, 1.807) is 18.2 Å². The Morgan fingerprint density at radius 1 is 0.944 bits per heavy atom. The van der Waals surface area contributed by atoms with Crippen LogP contribution in [0.5, 0.6) is 0 Å². The van der Waals surface area contributed by atoms with E-state index in [0.717, 1.165) is 5.56 Å². The molecule has 1 N–H and O–H groups in total. The molecule has 0 aromatic heterocycles. The van der Waals surface area contributed by atoms with Gasteiger partial charge in [0.1, 0.15) is 6.61 Å². The third-order valence-electron chi connectivity index (χ3n) is 2.30. The van der Waals surface area contributed by atoms with Gasteiger partial charge in [-0.05, 0) is 17.7 Å². The first-order valence-corrected chi connectivity index (χ1v) is 7.00. The third-order valence-corrected chi connectivity index (χ3v) is 3.56. The Kier molecular flexibility index (Phi) is 4.28. The summed E-state index contributed by atoms with van der Waals surface area (Å²) in [4.78, 5) is 14.5. The highest BCUT2D eigenvalue weighted by molar-refractivity contribution is 7.61. The van der Waals surface area contributed by atoms with E-state index < -0.39 is 7.60 Å². The molecule has 0 saturated heterocycles. The van der Waals surface area contributed by atoms with E-state index in [2.05, 4.69) is 4.67 Å². The summed E-state index contributed by atoms with van der Waals surface area (Å²) in [5, 5.41) is 0.207. The van der Waals surface area contributed by atoms with Crippen molar-refractivity contribution in [1.29, 1.82) is 0 Å². The number of rotatable bonds is 5. The molecule has 0 bridgehead atoms. The molecule has 2 aromatic carbocycles. The second-order valence-electron chi connectivity index (χ2n) is 3.68. The fraction of sp³-hybridized carbons (Fsp3) is 0.0769. The maximum absolute atomic E-state index is 11.8. The summed E-state index contributed by atoms with van der Waals surface area (Å²) in [6, 6.07) is 17.4. The van der Waals surface area contributed by atoms with Crippen LogP contribution in [0, 0.1) is 0 Å². The third kappa shape index (κ3) is 3.52. The molecule has 0 aliphatic rings. The topological polar surface area (TPSA) is 55.8 Å². The molecule has 0 aliphatic carbocycles. The van der Waals surface area contributed by atoms with E-state index in [-0.39, 0.29) is 11.9 Å². The predicted octanol–water partition coefficient (Wildman–Crippen LogP) is 2.65. The van der Waals surface area contributed by atoms with Crippen LogP contribution >= 0.6 is 7.60 Å². The fourth-order valence-corrected chi connectivity index (χ4v) is 2.23. The summed E-state index contributed by atoms with van der Waals surface area (Å²) in [5.74, 6) is 0. The van der Waals surface area contributed by atoms with Crippen molar-refractivity contribution in [1.82, 2.24) is 0 Å². The molecule has 4 nitrogen and oxygen atoms in total. The van der Waals surface area contributed by atoms with Gasteiger partial charge in [-0.2, -0.15) is 0 Å². The molecule has 0 spiro atoms. The maximum Gasteiger partial charge on any atom is 0.385 e. The minimum atomic E-state index is -3.90.